The summed E-state index contributed by atoms with van der Waals surface area (Å²) in [5.41, 5.74) is -0.00521. The van der Waals surface area contributed by atoms with Crippen LogP contribution in [0.5, 0.6) is 0 Å². The van der Waals surface area contributed by atoms with Crippen molar-refractivity contribution in [2.24, 2.45) is 5.41 Å². The summed E-state index contributed by atoms with van der Waals surface area (Å²) in [5, 5.41) is 12.1. The minimum Gasteiger partial charge on any atom is -0.378 e. The molecule has 0 aliphatic heterocycles. The molecule has 56 valence electrons. The lowest BCUT2D eigenvalue weighted by molar-refractivity contribution is 0.0257. The summed E-state index contributed by atoms with van der Waals surface area (Å²) in [4.78, 5) is 0. The predicted molar refractivity (Wildman–Crippen MR) is 39.1 cm³/mol. The molecule has 0 aliphatic carbocycles. The molecule has 0 saturated heterocycles. The quantitative estimate of drug-likeness (QED) is 0.559. The molecule has 0 heterocycles. The van der Waals surface area contributed by atoms with E-state index in [1.807, 2.05) is 13.8 Å². The topological polar surface area (TPSA) is 32.3 Å². The van der Waals surface area contributed by atoms with E-state index in [1.54, 1.807) is 7.05 Å². The van der Waals surface area contributed by atoms with Crippen molar-refractivity contribution < 1.29 is 5.11 Å². The van der Waals surface area contributed by atoms with E-state index in [9.17, 15) is 5.11 Å². The van der Waals surface area contributed by atoms with Gasteiger partial charge in [0.15, 0.2) is 0 Å². The molecule has 0 aromatic carbocycles. The van der Waals surface area contributed by atoms with Gasteiger partial charge in [-0.05, 0) is 13.5 Å². The summed E-state index contributed by atoms with van der Waals surface area (Å²) in [7, 11) is 1.77. The Balaban J connectivity index is 3.80. The lowest BCUT2D eigenvalue weighted by Crippen LogP contribution is -2.39. The smallest absolute Gasteiger partial charge is 0.109 e. The van der Waals surface area contributed by atoms with Gasteiger partial charge in [-0.25, -0.2) is 0 Å². The highest BCUT2D eigenvalue weighted by Gasteiger charge is 2.23. The minimum atomic E-state index is -0.387. The largest absolute Gasteiger partial charge is 0.378 e. The summed E-state index contributed by atoms with van der Waals surface area (Å²) in [6.45, 7) is 6.14. The zero-order valence-corrected chi connectivity index (χ0v) is 6.73. The number of hydrogen-bond acceptors (Lipinski definition) is 2. The molecule has 0 radical (unpaired) electrons. The van der Waals surface area contributed by atoms with Gasteiger partial charge in [0, 0.05) is 5.41 Å². The molecule has 0 rings (SSSR count). The van der Waals surface area contributed by atoms with Crippen LogP contribution in [0.25, 0.3) is 0 Å². The Hall–Kier alpha value is -0.0800. The van der Waals surface area contributed by atoms with E-state index >= 15 is 0 Å². The summed E-state index contributed by atoms with van der Waals surface area (Å²) in [5.74, 6) is 0. The highest BCUT2D eigenvalue weighted by molar-refractivity contribution is 4.72. The summed E-state index contributed by atoms with van der Waals surface area (Å²) in [6.07, 6.45) is 0.595. The molecule has 0 fully saturated rings. The number of aliphatic hydroxyl groups is 1. The van der Waals surface area contributed by atoms with Crippen molar-refractivity contribution in [3.05, 3.63) is 0 Å². The van der Waals surface area contributed by atoms with E-state index in [0.717, 1.165) is 6.42 Å². The third-order valence-electron chi connectivity index (χ3n) is 1.92. The minimum absolute atomic E-state index is 0.00521. The van der Waals surface area contributed by atoms with Crippen molar-refractivity contribution in [2.45, 2.75) is 33.4 Å². The van der Waals surface area contributed by atoms with Crippen LogP contribution in [0, 0.1) is 5.41 Å². The molecule has 0 spiro atoms. The average Bonchev–Trinajstić information content (AvgIpc) is 1.86. The van der Waals surface area contributed by atoms with E-state index < -0.39 is 0 Å². The Bertz CT molecular complexity index is 81.0. The maximum atomic E-state index is 9.27. The second kappa shape index (κ2) is 3.18. The van der Waals surface area contributed by atoms with Gasteiger partial charge in [0.2, 0.25) is 0 Å². The van der Waals surface area contributed by atoms with Gasteiger partial charge < -0.3 is 5.11 Å². The van der Waals surface area contributed by atoms with Crippen LogP contribution >= 0.6 is 0 Å². The third kappa shape index (κ3) is 2.33. The molecule has 9 heavy (non-hydrogen) atoms. The van der Waals surface area contributed by atoms with Gasteiger partial charge in [0.1, 0.15) is 6.23 Å². The van der Waals surface area contributed by atoms with E-state index in [0.29, 0.717) is 0 Å². The summed E-state index contributed by atoms with van der Waals surface area (Å²) < 4.78 is 0. The van der Waals surface area contributed by atoms with Gasteiger partial charge in [-0.3, -0.25) is 5.32 Å². The van der Waals surface area contributed by atoms with Crippen LogP contribution in [0.2, 0.25) is 0 Å². The molecule has 2 nitrogen and oxygen atoms in total. The Morgan fingerprint density at radius 2 is 2.00 bits per heavy atom. The molecule has 1 atom stereocenters. The molecule has 0 bridgehead atoms. The fourth-order valence-corrected chi connectivity index (χ4v) is 0.584. The Kier molecular flexibility index (Phi) is 3.15. The lowest BCUT2D eigenvalue weighted by atomic mass is 9.88. The average molecular weight is 131 g/mol. The van der Waals surface area contributed by atoms with Crippen LogP contribution in [-0.2, 0) is 0 Å². The first-order chi connectivity index (χ1) is 4.04. The van der Waals surface area contributed by atoms with Crippen LogP contribution in [0.1, 0.15) is 27.2 Å². The number of hydrogen-bond donors (Lipinski definition) is 2. The first-order valence-corrected chi connectivity index (χ1v) is 3.40. The molecular formula is C7H17NO. The molecule has 1 unspecified atom stereocenters. The van der Waals surface area contributed by atoms with Crippen LogP contribution in [-0.4, -0.2) is 18.4 Å². The number of rotatable bonds is 3. The van der Waals surface area contributed by atoms with Gasteiger partial charge in [0.05, 0.1) is 0 Å². The Morgan fingerprint density at radius 3 is 2.11 bits per heavy atom. The van der Waals surface area contributed by atoms with Crippen LogP contribution in [0.3, 0.4) is 0 Å². The van der Waals surface area contributed by atoms with Gasteiger partial charge in [0.25, 0.3) is 0 Å². The molecule has 0 saturated carbocycles. The van der Waals surface area contributed by atoms with Crippen LogP contribution in [0.15, 0.2) is 0 Å². The molecule has 0 amide bonds. The highest BCUT2D eigenvalue weighted by atomic mass is 16.3. The molecule has 0 aromatic rings. The normalized spacial score (nSPS) is 15.7. The summed E-state index contributed by atoms with van der Waals surface area (Å²) >= 11 is 0. The Morgan fingerprint density at radius 1 is 1.56 bits per heavy atom. The van der Waals surface area contributed by atoms with Gasteiger partial charge >= 0.3 is 0 Å². The zero-order chi connectivity index (χ0) is 7.49. The van der Waals surface area contributed by atoms with Crippen LogP contribution < -0.4 is 5.32 Å². The van der Waals surface area contributed by atoms with Crippen molar-refractivity contribution in [1.29, 1.82) is 0 Å². The molecule has 2 N–H and O–H groups in total. The SMILES string of the molecule is CCC(C)(C)C(O)NC. The number of aliphatic hydroxyl groups excluding tert-OH is 1. The first-order valence-electron chi connectivity index (χ1n) is 3.40. The lowest BCUT2D eigenvalue weighted by Gasteiger charge is -2.28. The first kappa shape index (κ1) is 8.92. The molecule has 0 aromatic heterocycles. The van der Waals surface area contributed by atoms with Crippen molar-refractivity contribution in [3.8, 4) is 0 Å². The second-order valence-corrected chi connectivity index (χ2v) is 3.03. The van der Waals surface area contributed by atoms with Crippen LogP contribution in [0.4, 0.5) is 0 Å². The highest BCUT2D eigenvalue weighted by Crippen LogP contribution is 2.22. The number of nitrogens with one attached hydrogen (secondary N) is 1. The third-order valence-corrected chi connectivity index (χ3v) is 1.92. The van der Waals surface area contributed by atoms with E-state index in [1.165, 1.54) is 0 Å². The maximum absolute atomic E-state index is 9.27. The fourth-order valence-electron chi connectivity index (χ4n) is 0.584. The van der Waals surface area contributed by atoms with E-state index in [4.69, 9.17) is 0 Å². The fraction of sp³-hybridized carbons (Fsp3) is 1.00. The van der Waals surface area contributed by atoms with Gasteiger partial charge in [-0.15, -0.1) is 0 Å². The molecule has 0 aliphatic rings. The summed E-state index contributed by atoms with van der Waals surface area (Å²) in [6, 6.07) is 0. The van der Waals surface area contributed by atoms with Crippen molar-refractivity contribution in [2.75, 3.05) is 7.05 Å². The predicted octanol–water partition coefficient (Wildman–Crippen LogP) is 0.960. The zero-order valence-electron chi connectivity index (χ0n) is 6.73. The Labute approximate surface area is 57.3 Å². The van der Waals surface area contributed by atoms with Gasteiger partial charge in [-0.2, -0.15) is 0 Å². The molecule has 2 heteroatoms. The monoisotopic (exact) mass is 131 g/mol. The van der Waals surface area contributed by atoms with Crippen molar-refractivity contribution >= 4 is 0 Å². The standard InChI is InChI=1S/C7H17NO/c1-5-7(2,3)6(9)8-4/h6,8-9H,5H2,1-4H3. The van der Waals surface area contributed by atoms with E-state index in [2.05, 4.69) is 12.2 Å². The van der Waals surface area contributed by atoms with E-state index in [-0.39, 0.29) is 11.6 Å². The molecular weight excluding hydrogens is 114 g/mol. The second-order valence-electron chi connectivity index (χ2n) is 3.03. The van der Waals surface area contributed by atoms with Gasteiger partial charge in [-0.1, -0.05) is 20.8 Å². The van der Waals surface area contributed by atoms with Crippen molar-refractivity contribution in [3.63, 3.8) is 0 Å². The van der Waals surface area contributed by atoms with Crippen molar-refractivity contribution in [1.82, 2.24) is 5.32 Å². The maximum Gasteiger partial charge on any atom is 0.109 e.